The van der Waals surface area contributed by atoms with Gasteiger partial charge in [-0.3, -0.25) is 9.69 Å². The summed E-state index contributed by atoms with van der Waals surface area (Å²) in [5.74, 6) is 0.575. The number of fused-ring (bicyclic) bond motifs is 3. The monoisotopic (exact) mass is 531 g/mol. The van der Waals surface area contributed by atoms with E-state index in [1.807, 2.05) is 24.3 Å². The minimum absolute atomic E-state index is 0.110. The maximum atomic E-state index is 14.3. The van der Waals surface area contributed by atoms with Crippen LogP contribution in [0.2, 0.25) is 0 Å². The first-order chi connectivity index (χ1) is 19.0. The summed E-state index contributed by atoms with van der Waals surface area (Å²) < 4.78 is 20.6. The van der Waals surface area contributed by atoms with Crippen molar-refractivity contribution in [3.05, 3.63) is 47.7 Å². The minimum Gasteiger partial charge on any atom is -0.508 e. The van der Waals surface area contributed by atoms with Crippen molar-refractivity contribution in [3.8, 4) is 11.8 Å². The molecule has 7 rings (SSSR count). The van der Waals surface area contributed by atoms with E-state index in [1.54, 1.807) is 17.0 Å². The number of anilines is 2. The van der Waals surface area contributed by atoms with Gasteiger partial charge in [-0.15, -0.1) is 0 Å². The smallest absolute Gasteiger partial charge is 0.318 e. The molecule has 1 aromatic heterocycles. The molecule has 0 spiro atoms. The van der Waals surface area contributed by atoms with Crippen molar-refractivity contribution < 1.29 is 19.0 Å². The number of aromatic nitrogens is 2. The van der Waals surface area contributed by atoms with Crippen molar-refractivity contribution in [2.75, 3.05) is 42.6 Å². The van der Waals surface area contributed by atoms with Gasteiger partial charge in [-0.05, 0) is 43.7 Å². The molecular formula is C30H34FN5O3. The Kier molecular flexibility index (Phi) is 6.06. The number of alkyl halides is 1. The highest BCUT2D eigenvalue weighted by molar-refractivity contribution is 6.16. The zero-order valence-electron chi connectivity index (χ0n) is 22.1. The molecule has 1 N–H and O–H groups in total. The van der Waals surface area contributed by atoms with Gasteiger partial charge in [0.2, 0.25) is 0 Å². The summed E-state index contributed by atoms with van der Waals surface area (Å²) in [5, 5.41) is 12.2. The number of nitrogens with zero attached hydrogens (tertiary/aromatic N) is 5. The predicted molar refractivity (Wildman–Crippen MR) is 147 cm³/mol. The van der Waals surface area contributed by atoms with Gasteiger partial charge >= 0.3 is 6.01 Å². The average molecular weight is 532 g/mol. The Labute approximate surface area is 227 Å². The topological polar surface area (TPSA) is 82.0 Å². The molecule has 9 heteroatoms. The van der Waals surface area contributed by atoms with Crippen molar-refractivity contribution in [2.24, 2.45) is 0 Å². The predicted octanol–water partition coefficient (Wildman–Crippen LogP) is 4.83. The highest BCUT2D eigenvalue weighted by Crippen LogP contribution is 2.42. The molecule has 2 unspecified atom stereocenters. The number of rotatable bonds is 5. The maximum Gasteiger partial charge on any atom is 0.318 e. The fraction of sp³-hybridized carbons (Fsp3) is 0.500. The summed E-state index contributed by atoms with van der Waals surface area (Å²) in [5.41, 5.74) is 1.50. The normalized spacial score (nSPS) is 25.3. The Balaban J connectivity index is 1.26. The third-order valence-corrected chi connectivity index (χ3v) is 8.96. The fourth-order valence-corrected chi connectivity index (χ4v) is 7.08. The second kappa shape index (κ2) is 9.62. The van der Waals surface area contributed by atoms with E-state index in [1.165, 1.54) is 0 Å². The number of amides is 1. The highest BCUT2D eigenvalue weighted by atomic mass is 19.1. The van der Waals surface area contributed by atoms with E-state index in [-0.39, 0.29) is 29.8 Å². The molecule has 1 amide bonds. The van der Waals surface area contributed by atoms with E-state index >= 15 is 0 Å². The Morgan fingerprint density at radius 2 is 1.87 bits per heavy atom. The number of phenols is 1. The molecule has 5 heterocycles. The first-order valence-corrected chi connectivity index (χ1v) is 14.2. The number of phenolic OH excluding ortho intramolecular Hbond substituents is 1. The summed E-state index contributed by atoms with van der Waals surface area (Å²) in [6.07, 6.45) is 6.01. The second-order valence-corrected chi connectivity index (χ2v) is 11.5. The van der Waals surface area contributed by atoms with E-state index in [0.29, 0.717) is 42.3 Å². The maximum absolute atomic E-state index is 14.3. The molecule has 4 aliphatic rings. The van der Waals surface area contributed by atoms with Gasteiger partial charge in [-0.2, -0.15) is 9.97 Å². The summed E-state index contributed by atoms with van der Waals surface area (Å²) in [4.78, 5) is 29.7. The molecule has 0 radical (unpaired) electrons. The fourth-order valence-electron chi connectivity index (χ4n) is 7.08. The van der Waals surface area contributed by atoms with Gasteiger partial charge in [0, 0.05) is 37.5 Å². The molecular weight excluding hydrogens is 497 g/mol. The lowest BCUT2D eigenvalue weighted by molar-refractivity contribution is 0.0996. The number of hydrogen-bond acceptors (Lipinski definition) is 7. The molecule has 0 aliphatic carbocycles. The summed E-state index contributed by atoms with van der Waals surface area (Å²) in [6.45, 7) is 3.63. The van der Waals surface area contributed by atoms with Crippen molar-refractivity contribution >= 4 is 28.2 Å². The number of hydrogen-bond donors (Lipinski definition) is 1. The van der Waals surface area contributed by atoms with Gasteiger partial charge in [-0.25, -0.2) is 4.39 Å². The number of carbonyl (C=O) groups is 1. The van der Waals surface area contributed by atoms with Gasteiger partial charge in [0.25, 0.3) is 5.91 Å². The quantitative estimate of drug-likeness (QED) is 0.505. The number of halogens is 1. The van der Waals surface area contributed by atoms with Gasteiger partial charge in [0.15, 0.2) is 0 Å². The van der Waals surface area contributed by atoms with E-state index in [0.717, 1.165) is 68.9 Å². The van der Waals surface area contributed by atoms with Crippen LogP contribution in [0.3, 0.4) is 0 Å². The zero-order chi connectivity index (χ0) is 26.6. The van der Waals surface area contributed by atoms with Gasteiger partial charge < -0.3 is 19.6 Å². The number of aromatic hydroxyl groups is 1. The van der Waals surface area contributed by atoms with Crippen LogP contribution in [0, 0.1) is 0 Å². The molecule has 4 aliphatic heterocycles. The lowest BCUT2D eigenvalue weighted by Gasteiger charge is -2.31. The van der Waals surface area contributed by atoms with Crippen LogP contribution in [0.5, 0.6) is 11.8 Å². The van der Waals surface area contributed by atoms with Gasteiger partial charge in [0.1, 0.15) is 29.9 Å². The van der Waals surface area contributed by atoms with Gasteiger partial charge in [-0.1, -0.05) is 37.1 Å². The van der Waals surface area contributed by atoms with E-state index < -0.39 is 6.17 Å². The molecule has 8 nitrogen and oxygen atoms in total. The summed E-state index contributed by atoms with van der Waals surface area (Å²) >= 11 is 0. The van der Waals surface area contributed by atoms with Crippen LogP contribution in [0.1, 0.15) is 61.0 Å². The SMILES string of the molecule is O=C1c2c(nc(OCC34CCCN3CC(F)C4)nc2N2CCCCCC2)CN1c1cc(O)cc2ccccc12. The van der Waals surface area contributed by atoms with Crippen LogP contribution in [0.4, 0.5) is 15.9 Å². The first kappa shape index (κ1) is 24.6. The molecule has 2 aromatic carbocycles. The van der Waals surface area contributed by atoms with Crippen LogP contribution in [0.25, 0.3) is 10.8 Å². The molecule has 39 heavy (non-hydrogen) atoms. The van der Waals surface area contributed by atoms with Crippen LogP contribution in [0.15, 0.2) is 36.4 Å². The van der Waals surface area contributed by atoms with Crippen molar-refractivity contribution in [2.45, 2.75) is 63.2 Å². The van der Waals surface area contributed by atoms with E-state index in [4.69, 9.17) is 14.7 Å². The largest absolute Gasteiger partial charge is 0.508 e. The van der Waals surface area contributed by atoms with Gasteiger partial charge in [0.05, 0.1) is 23.5 Å². The Hall–Kier alpha value is -3.46. The minimum atomic E-state index is -0.828. The first-order valence-electron chi connectivity index (χ1n) is 14.2. The summed E-state index contributed by atoms with van der Waals surface area (Å²) in [6, 6.07) is 11.3. The van der Waals surface area contributed by atoms with E-state index in [2.05, 4.69) is 9.80 Å². The lowest BCUT2D eigenvalue weighted by Crippen LogP contribution is -2.43. The molecule has 3 saturated heterocycles. The lowest BCUT2D eigenvalue weighted by atomic mass is 9.95. The van der Waals surface area contributed by atoms with Crippen LogP contribution >= 0.6 is 0 Å². The Bertz CT molecular complexity index is 1430. The molecule has 2 atom stereocenters. The Morgan fingerprint density at radius 1 is 1.05 bits per heavy atom. The third-order valence-electron chi connectivity index (χ3n) is 8.96. The number of ether oxygens (including phenoxy) is 1. The molecule has 204 valence electrons. The summed E-state index contributed by atoms with van der Waals surface area (Å²) in [7, 11) is 0. The van der Waals surface area contributed by atoms with E-state index in [9.17, 15) is 14.3 Å². The zero-order valence-corrected chi connectivity index (χ0v) is 22.1. The molecule has 3 fully saturated rings. The highest BCUT2D eigenvalue weighted by Gasteiger charge is 2.49. The molecule has 0 bridgehead atoms. The third kappa shape index (κ3) is 4.27. The second-order valence-electron chi connectivity index (χ2n) is 11.5. The number of carbonyl (C=O) groups excluding carboxylic acids is 1. The van der Waals surface area contributed by atoms with Crippen molar-refractivity contribution in [3.63, 3.8) is 0 Å². The average Bonchev–Trinajstić information content (AvgIpc) is 3.46. The molecule has 0 saturated carbocycles. The van der Waals surface area contributed by atoms with Crippen LogP contribution < -0.4 is 14.5 Å². The standard InChI is InChI=1S/C30H34FN5O3/c31-21-16-30(10-7-13-35(30)17-21)19-39-29-32-24-18-36(25-15-22(37)14-20-8-3-4-9-23(20)25)28(38)26(24)27(33-29)34-11-5-1-2-6-12-34/h3-4,8-9,14-15,21,37H,1-2,5-7,10-13,16-19H2. The Morgan fingerprint density at radius 3 is 2.72 bits per heavy atom. The number of benzene rings is 2. The van der Waals surface area contributed by atoms with Crippen LogP contribution in [-0.2, 0) is 6.54 Å². The molecule has 3 aromatic rings. The van der Waals surface area contributed by atoms with Crippen LogP contribution in [-0.4, -0.2) is 70.4 Å². The van der Waals surface area contributed by atoms with Crippen molar-refractivity contribution in [1.29, 1.82) is 0 Å². The van der Waals surface area contributed by atoms with Crippen molar-refractivity contribution in [1.82, 2.24) is 14.9 Å².